The minimum Gasteiger partial charge on any atom is -0.504 e. The summed E-state index contributed by atoms with van der Waals surface area (Å²) in [6, 6.07) is 1.80. The quantitative estimate of drug-likeness (QED) is 0.827. The molecule has 4 nitrogen and oxygen atoms in total. The largest absolute Gasteiger partial charge is 0.504 e. The van der Waals surface area contributed by atoms with Crippen molar-refractivity contribution in [2.24, 2.45) is 5.92 Å². The average molecular weight is 343 g/mol. The summed E-state index contributed by atoms with van der Waals surface area (Å²) in [5.74, 6) is -0.188. The standard InChI is InChI=1S/C15H19BrO4/c1-3-8-6-11(20-2)15(19)13(14(8)16)10(7-12(17)18)9-4-5-9/h6,9-10,19H,3-5,7H2,1-2H3,(H,17,18). The van der Waals surface area contributed by atoms with E-state index in [1.165, 1.54) is 7.11 Å². The van der Waals surface area contributed by atoms with Gasteiger partial charge in [0, 0.05) is 16.0 Å². The molecular formula is C15H19BrO4. The Balaban J connectivity index is 2.54. The molecule has 1 aromatic rings. The van der Waals surface area contributed by atoms with Crippen LogP contribution < -0.4 is 4.74 Å². The molecule has 1 aromatic carbocycles. The van der Waals surface area contributed by atoms with Gasteiger partial charge in [-0.3, -0.25) is 4.79 Å². The van der Waals surface area contributed by atoms with Crippen molar-refractivity contribution in [2.45, 2.75) is 38.5 Å². The number of phenols is 1. The predicted octanol–water partition coefficient (Wildman–Crippen LogP) is 3.69. The van der Waals surface area contributed by atoms with Gasteiger partial charge in [-0.1, -0.05) is 22.9 Å². The highest BCUT2D eigenvalue weighted by Gasteiger charge is 2.37. The Morgan fingerprint density at radius 2 is 2.20 bits per heavy atom. The zero-order chi connectivity index (χ0) is 14.9. The molecule has 110 valence electrons. The van der Waals surface area contributed by atoms with Crippen LogP contribution in [0.1, 0.15) is 43.2 Å². The number of carboxylic acid groups (broad SMARTS) is 1. The van der Waals surface area contributed by atoms with E-state index in [0.717, 1.165) is 29.3 Å². The molecule has 1 fully saturated rings. The second-order valence-corrected chi connectivity index (χ2v) is 6.00. The molecule has 1 aliphatic carbocycles. The third kappa shape index (κ3) is 2.92. The normalized spacial score (nSPS) is 15.9. The van der Waals surface area contributed by atoms with Crippen LogP contribution in [0.5, 0.6) is 11.5 Å². The molecule has 0 radical (unpaired) electrons. The lowest BCUT2D eigenvalue weighted by atomic mass is 9.88. The molecule has 0 aliphatic heterocycles. The van der Waals surface area contributed by atoms with Crippen molar-refractivity contribution in [1.29, 1.82) is 0 Å². The summed E-state index contributed by atoms with van der Waals surface area (Å²) in [6.07, 6.45) is 2.85. The number of ether oxygens (including phenoxy) is 1. The lowest BCUT2D eigenvalue weighted by Gasteiger charge is -2.21. The number of carboxylic acids is 1. The summed E-state index contributed by atoms with van der Waals surface area (Å²) in [5.41, 5.74) is 1.71. The smallest absolute Gasteiger partial charge is 0.303 e. The molecule has 2 rings (SSSR count). The van der Waals surface area contributed by atoms with Crippen molar-refractivity contribution >= 4 is 21.9 Å². The van der Waals surface area contributed by atoms with Crippen LogP contribution in [0, 0.1) is 5.92 Å². The molecule has 20 heavy (non-hydrogen) atoms. The maximum atomic E-state index is 11.1. The van der Waals surface area contributed by atoms with Gasteiger partial charge in [-0.2, -0.15) is 0 Å². The molecule has 1 unspecified atom stereocenters. The summed E-state index contributed by atoms with van der Waals surface area (Å²) in [5, 5.41) is 19.5. The Morgan fingerprint density at radius 3 is 2.65 bits per heavy atom. The Kier molecular flexibility index (Phi) is 4.58. The summed E-state index contributed by atoms with van der Waals surface area (Å²) in [4.78, 5) is 11.1. The van der Waals surface area contributed by atoms with E-state index < -0.39 is 5.97 Å². The maximum absolute atomic E-state index is 11.1. The lowest BCUT2D eigenvalue weighted by Crippen LogP contribution is -2.10. The molecule has 0 amide bonds. The fourth-order valence-electron chi connectivity index (χ4n) is 2.64. The molecule has 0 spiro atoms. The summed E-state index contributed by atoms with van der Waals surface area (Å²) in [6.45, 7) is 2.02. The molecule has 0 aromatic heterocycles. The van der Waals surface area contributed by atoms with Crippen LogP contribution in [0.3, 0.4) is 0 Å². The highest BCUT2D eigenvalue weighted by atomic mass is 79.9. The third-order valence-corrected chi connectivity index (χ3v) is 4.81. The monoisotopic (exact) mass is 342 g/mol. The fraction of sp³-hybridized carbons (Fsp3) is 0.533. The number of hydrogen-bond donors (Lipinski definition) is 2. The first-order valence-corrected chi connectivity index (χ1v) is 7.58. The maximum Gasteiger partial charge on any atom is 0.303 e. The number of aliphatic carboxylic acids is 1. The van der Waals surface area contributed by atoms with Crippen LogP contribution >= 0.6 is 15.9 Å². The average Bonchev–Trinajstić information content (AvgIpc) is 3.22. The van der Waals surface area contributed by atoms with E-state index in [2.05, 4.69) is 15.9 Å². The number of phenolic OH excluding ortho intramolecular Hbond substituents is 1. The number of benzene rings is 1. The van der Waals surface area contributed by atoms with Gasteiger partial charge >= 0.3 is 5.97 Å². The zero-order valence-corrected chi connectivity index (χ0v) is 13.2. The van der Waals surface area contributed by atoms with Gasteiger partial charge in [0.15, 0.2) is 11.5 Å². The molecule has 1 saturated carbocycles. The van der Waals surface area contributed by atoms with Gasteiger partial charge in [0.1, 0.15) is 0 Å². The number of hydrogen-bond acceptors (Lipinski definition) is 3. The summed E-state index contributed by atoms with van der Waals surface area (Å²) in [7, 11) is 1.51. The van der Waals surface area contributed by atoms with Crippen molar-refractivity contribution < 1.29 is 19.7 Å². The first-order valence-electron chi connectivity index (χ1n) is 6.79. The Morgan fingerprint density at radius 1 is 1.55 bits per heavy atom. The Labute approximate surface area is 126 Å². The Hall–Kier alpha value is -1.23. The van der Waals surface area contributed by atoms with E-state index in [4.69, 9.17) is 9.84 Å². The number of halogens is 1. The predicted molar refractivity (Wildman–Crippen MR) is 79.5 cm³/mol. The van der Waals surface area contributed by atoms with E-state index >= 15 is 0 Å². The molecular weight excluding hydrogens is 324 g/mol. The van der Waals surface area contributed by atoms with E-state index in [0.29, 0.717) is 17.2 Å². The Bertz CT molecular complexity index is 495. The molecule has 1 atom stereocenters. The minimum absolute atomic E-state index is 0.0349. The molecule has 5 heteroatoms. The van der Waals surface area contributed by atoms with Gasteiger partial charge in [-0.25, -0.2) is 0 Å². The van der Waals surface area contributed by atoms with Gasteiger partial charge < -0.3 is 14.9 Å². The van der Waals surface area contributed by atoms with Crippen LogP contribution in [-0.4, -0.2) is 23.3 Å². The van der Waals surface area contributed by atoms with E-state index in [1.807, 2.05) is 6.92 Å². The highest BCUT2D eigenvalue weighted by molar-refractivity contribution is 9.10. The number of aromatic hydroxyl groups is 1. The molecule has 0 bridgehead atoms. The van der Waals surface area contributed by atoms with Gasteiger partial charge in [0.2, 0.25) is 0 Å². The second-order valence-electron chi connectivity index (χ2n) is 5.21. The second kappa shape index (κ2) is 6.04. The SMILES string of the molecule is CCc1cc(OC)c(O)c(C(CC(=O)O)C2CC2)c1Br. The molecule has 0 saturated heterocycles. The minimum atomic E-state index is -0.839. The summed E-state index contributed by atoms with van der Waals surface area (Å²) >= 11 is 3.53. The first-order chi connectivity index (χ1) is 9.49. The summed E-state index contributed by atoms with van der Waals surface area (Å²) < 4.78 is 6.04. The molecule has 1 aliphatic rings. The number of carbonyl (C=O) groups is 1. The first kappa shape index (κ1) is 15.2. The van der Waals surface area contributed by atoms with Crippen LogP contribution in [0.2, 0.25) is 0 Å². The van der Waals surface area contributed by atoms with E-state index in [1.54, 1.807) is 6.07 Å². The van der Waals surface area contributed by atoms with Crippen molar-refractivity contribution in [1.82, 2.24) is 0 Å². The fourth-order valence-corrected chi connectivity index (χ4v) is 3.52. The van der Waals surface area contributed by atoms with Crippen LogP contribution in [0.15, 0.2) is 10.5 Å². The van der Waals surface area contributed by atoms with Crippen molar-refractivity contribution in [3.63, 3.8) is 0 Å². The topological polar surface area (TPSA) is 66.8 Å². The molecule has 0 heterocycles. The van der Waals surface area contributed by atoms with Crippen LogP contribution in [0.25, 0.3) is 0 Å². The number of aryl methyl sites for hydroxylation is 1. The van der Waals surface area contributed by atoms with Crippen molar-refractivity contribution in [3.8, 4) is 11.5 Å². The van der Waals surface area contributed by atoms with Crippen molar-refractivity contribution in [3.05, 3.63) is 21.7 Å². The number of methoxy groups -OCH3 is 1. The van der Waals surface area contributed by atoms with Gasteiger partial charge in [-0.15, -0.1) is 0 Å². The highest BCUT2D eigenvalue weighted by Crippen LogP contribution is 2.52. The van der Waals surface area contributed by atoms with Crippen LogP contribution in [-0.2, 0) is 11.2 Å². The van der Waals surface area contributed by atoms with Crippen molar-refractivity contribution in [2.75, 3.05) is 7.11 Å². The van der Waals surface area contributed by atoms with E-state index in [-0.39, 0.29) is 18.1 Å². The van der Waals surface area contributed by atoms with E-state index in [9.17, 15) is 9.90 Å². The van der Waals surface area contributed by atoms with Gasteiger partial charge in [-0.05, 0) is 36.8 Å². The lowest BCUT2D eigenvalue weighted by molar-refractivity contribution is -0.137. The zero-order valence-electron chi connectivity index (χ0n) is 11.6. The number of rotatable bonds is 6. The van der Waals surface area contributed by atoms with Gasteiger partial charge in [0.25, 0.3) is 0 Å². The van der Waals surface area contributed by atoms with Gasteiger partial charge in [0.05, 0.1) is 13.5 Å². The third-order valence-electron chi connectivity index (χ3n) is 3.87. The molecule has 2 N–H and O–H groups in total. The van der Waals surface area contributed by atoms with Crippen LogP contribution in [0.4, 0.5) is 0 Å².